The van der Waals surface area contributed by atoms with Crippen LogP contribution in [0.4, 0.5) is 5.69 Å². The van der Waals surface area contributed by atoms with E-state index >= 15 is 0 Å². The quantitative estimate of drug-likeness (QED) is 0.437. The van der Waals surface area contributed by atoms with Gasteiger partial charge in [-0.05, 0) is 61.9 Å². The number of hydrogen-bond acceptors (Lipinski definition) is 8. The summed E-state index contributed by atoms with van der Waals surface area (Å²) in [7, 11) is -1.90. The highest BCUT2D eigenvalue weighted by molar-refractivity contribution is 7.92. The van der Waals surface area contributed by atoms with Crippen LogP contribution >= 0.6 is 0 Å². The number of carbonyl (C=O) groups is 1. The number of amides is 1. The second-order valence-corrected chi connectivity index (χ2v) is 9.44. The molecule has 182 valence electrons. The average molecular weight is 489 g/mol. The summed E-state index contributed by atoms with van der Waals surface area (Å²) in [6.45, 7) is 4.38. The number of sulfonamides is 1. The zero-order chi connectivity index (χ0) is 24.7. The average Bonchev–Trinajstić information content (AvgIpc) is 3.30. The van der Waals surface area contributed by atoms with Crippen LogP contribution in [0.3, 0.4) is 0 Å². The summed E-state index contributed by atoms with van der Waals surface area (Å²) >= 11 is 0. The van der Waals surface area contributed by atoms with Gasteiger partial charge in [0.05, 0.1) is 25.1 Å². The van der Waals surface area contributed by atoms with Crippen LogP contribution in [0.1, 0.15) is 26.2 Å². The highest BCUT2D eigenvalue weighted by Gasteiger charge is 2.20. The van der Waals surface area contributed by atoms with Gasteiger partial charge in [-0.2, -0.15) is 4.98 Å². The number of aromatic nitrogens is 2. The Balaban J connectivity index is 1.56. The maximum atomic E-state index is 12.6. The Labute approximate surface area is 198 Å². The molecule has 2 aromatic carbocycles. The first-order valence-corrected chi connectivity index (χ1v) is 12.6. The number of nitrogens with zero attached hydrogens (tertiary/aromatic N) is 3. The second kappa shape index (κ2) is 11.0. The van der Waals surface area contributed by atoms with Gasteiger partial charge in [0.25, 0.3) is 5.91 Å². The van der Waals surface area contributed by atoms with Crippen molar-refractivity contribution in [3.8, 4) is 22.9 Å². The minimum absolute atomic E-state index is 0.0564. The normalized spacial score (nSPS) is 12.1. The zero-order valence-corrected chi connectivity index (χ0v) is 20.3. The van der Waals surface area contributed by atoms with Crippen molar-refractivity contribution < 1.29 is 27.2 Å². The van der Waals surface area contributed by atoms with E-state index in [1.807, 2.05) is 38.1 Å². The number of anilines is 1. The lowest BCUT2D eigenvalue weighted by atomic mass is 10.2. The van der Waals surface area contributed by atoms with Gasteiger partial charge in [-0.1, -0.05) is 12.1 Å². The predicted molar refractivity (Wildman–Crippen MR) is 127 cm³/mol. The summed E-state index contributed by atoms with van der Waals surface area (Å²) in [5.41, 5.74) is 1.26. The molecule has 3 aromatic rings. The Morgan fingerprint density at radius 3 is 2.32 bits per heavy atom. The molecule has 0 unspecified atom stereocenters. The molecule has 3 rings (SSSR count). The Morgan fingerprint density at radius 1 is 1.09 bits per heavy atom. The van der Waals surface area contributed by atoms with Gasteiger partial charge in [0.1, 0.15) is 11.5 Å². The predicted octanol–water partition coefficient (Wildman–Crippen LogP) is 3.00. The van der Waals surface area contributed by atoms with Gasteiger partial charge < -0.3 is 19.3 Å². The van der Waals surface area contributed by atoms with Gasteiger partial charge >= 0.3 is 0 Å². The summed E-state index contributed by atoms with van der Waals surface area (Å²) in [6, 6.07) is 13.8. The van der Waals surface area contributed by atoms with E-state index < -0.39 is 16.1 Å². The van der Waals surface area contributed by atoms with Crippen LogP contribution < -0.4 is 19.1 Å². The second-order valence-electron chi connectivity index (χ2n) is 7.43. The molecule has 0 bridgehead atoms. The molecule has 1 amide bonds. The van der Waals surface area contributed by atoms with E-state index in [1.165, 1.54) is 7.05 Å². The summed E-state index contributed by atoms with van der Waals surface area (Å²) in [6.07, 6.45) is 0.809. The standard InChI is InChI=1S/C23H28N4O6S/c1-5-20(32-19-13-9-17(10-14-19)27(3)34(4,29)30)23(28)24-15-21-25-22(26-33-21)16-7-11-18(12-8-16)31-6-2/h7-14,20H,5-6,15H2,1-4H3,(H,24,28)/t20-/m0/s1. The number of carbonyl (C=O) groups excluding carboxylic acids is 1. The first-order chi connectivity index (χ1) is 16.2. The van der Waals surface area contributed by atoms with E-state index in [9.17, 15) is 13.2 Å². The van der Waals surface area contributed by atoms with Crippen molar-refractivity contribution in [2.45, 2.75) is 32.9 Å². The number of rotatable bonds is 11. The molecule has 0 saturated heterocycles. The third kappa shape index (κ3) is 6.47. The fourth-order valence-electron chi connectivity index (χ4n) is 3.00. The lowest BCUT2D eigenvalue weighted by Crippen LogP contribution is -2.37. The molecule has 1 atom stereocenters. The molecule has 0 spiro atoms. The first kappa shape index (κ1) is 25.0. The molecule has 0 saturated carbocycles. The maximum Gasteiger partial charge on any atom is 0.261 e. The highest BCUT2D eigenvalue weighted by atomic mass is 32.2. The molecule has 1 N–H and O–H groups in total. The van der Waals surface area contributed by atoms with Crippen molar-refractivity contribution in [1.82, 2.24) is 15.5 Å². The monoisotopic (exact) mass is 488 g/mol. The molecule has 0 aliphatic rings. The van der Waals surface area contributed by atoms with Crippen molar-refractivity contribution >= 4 is 21.6 Å². The summed E-state index contributed by atoms with van der Waals surface area (Å²) < 4.78 is 40.9. The molecule has 0 fully saturated rings. The largest absolute Gasteiger partial charge is 0.494 e. The van der Waals surface area contributed by atoms with Crippen molar-refractivity contribution in [2.75, 3.05) is 24.2 Å². The van der Waals surface area contributed by atoms with E-state index in [1.54, 1.807) is 24.3 Å². The Kier molecular flexibility index (Phi) is 8.11. The molecule has 10 nitrogen and oxygen atoms in total. The molecule has 0 aliphatic carbocycles. The van der Waals surface area contributed by atoms with Crippen LogP contribution in [0.2, 0.25) is 0 Å². The smallest absolute Gasteiger partial charge is 0.261 e. The van der Waals surface area contributed by atoms with Gasteiger partial charge in [-0.25, -0.2) is 8.42 Å². The molecule has 11 heteroatoms. The number of nitrogens with one attached hydrogen (secondary N) is 1. The number of benzene rings is 2. The van der Waals surface area contributed by atoms with E-state index in [0.717, 1.165) is 21.9 Å². The molecule has 1 heterocycles. The van der Waals surface area contributed by atoms with Gasteiger partial charge in [0.15, 0.2) is 6.10 Å². The van der Waals surface area contributed by atoms with Crippen LogP contribution in [0.5, 0.6) is 11.5 Å². The van der Waals surface area contributed by atoms with Gasteiger partial charge in [-0.15, -0.1) is 0 Å². The van der Waals surface area contributed by atoms with Crippen molar-refractivity contribution in [1.29, 1.82) is 0 Å². The summed E-state index contributed by atoms with van der Waals surface area (Å²) in [5.74, 6) is 1.55. The van der Waals surface area contributed by atoms with E-state index in [2.05, 4.69) is 15.5 Å². The minimum Gasteiger partial charge on any atom is -0.494 e. The van der Waals surface area contributed by atoms with E-state index in [-0.39, 0.29) is 18.3 Å². The van der Waals surface area contributed by atoms with Gasteiger partial charge in [0.2, 0.25) is 21.7 Å². The van der Waals surface area contributed by atoms with Crippen LogP contribution in [-0.2, 0) is 21.4 Å². The van der Waals surface area contributed by atoms with E-state index in [4.69, 9.17) is 14.0 Å². The summed E-state index contributed by atoms with van der Waals surface area (Å²) in [5, 5.41) is 6.70. The fourth-order valence-corrected chi connectivity index (χ4v) is 3.50. The molecule has 0 radical (unpaired) electrons. The topological polar surface area (TPSA) is 124 Å². The highest BCUT2D eigenvalue weighted by Crippen LogP contribution is 2.22. The Hall–Kier alpha value is -3.60. The van der Waals surface area contributed by atoms with E-state index in [0.29, 0.717) is 30.3 Å². The van der Waals surface area contributed by atoms with Crippen LogP contribution in [0.15, 0.2) is 53.1 Å². The molecular formula is C23H28N4O6S. The lowest BCUT2D eigenvalue weighted by molar-refractivity contribution is -0.128. The van der Waals surface area contributed by atoms with Crippen LogP contribution in [-0.4, -0.2) is 50.5 Å². The number of ether oxygens (including phenoxy) is 2. The maximum absolute atomic E-state index is 12.6. The van der Waals surface area contributed by atoms with Crippen molar-refractivity contribution in [2.24, 2.45) is 0 Å². The third-order valence-electron chi connectivity index (χ3n) is 4.94. The first-order valence-electron chi connectivity index (χ1n) is 10.8. The molecule has 0 aliphatic heterocycles. The third-order valence-corrected chi connectivity index (χ3v) is 6.15. The Bertz CT molecular complexity index is 1190. The zero-order valence-electron chi connectivity index (χ0n) is 19.5. The Morgan fingerprint density at radius 2 is 1.74 bits per heavy atom. The fraction of sp³-hybridized carbons (Fsp3) is 0.348. The van der Waals surface area contributed by atoms with Crippen LogP contribution in [0.25, 0.3) is 11.4 Å². The minimum atomic E-state index is -3.36. The molecule has 1 aromatic heterocycles. The summed E-state index contributed by atoms with van der Waals surface area (Å²) in [4.78, 5) is 16.9. The number of hydrogen-bond donors (Lipinski definition) is 1. The van der Waals surface area contributed by atoms with Gasteiger partial charge in [0, 0.05) is 12.6 Å². The molecule has 34 heavy (non-hydrogen) atoms. The lowest BCUT2D eigenvalue weighted by Gasteiger charge is -2.19. The van der Waals surface area contributed by atoms with Gasteiger partial charge in [-0.3, -0.25) is 9.10 Å². The van der Waals surface area contributed by atoms with Crippen molar-refractivity contribution in [3.63, 3.8) is 0 Å². The van der Waals surface area contributed by atoms with Crippen LogP contribution in [0, 0.1) is 0 Å². The SMILES string of the molecule is CCOc1ccc(-c2noc(CNC(=O)[C@H](CC)Oc3ccc(N(C)S(C)(=O)=O)cc3)n2)cc1. The molecular weight excluding hydrogens is 460 g/mol. The van der Waals surface area contributed by atoms with Crippen molar-refractivity contribution in [3.05, 3.63) is 54.4 Å².